The molecule has 1 saturated carbocycles. The normalized spacial score (nSPS) is 18.1. The predicted octanol–water partition coefficient (Wildman–Crippen LogP) is 5.37. The standard InChI is InChI=1S/C11H11NO.C9H9NO.C2H4Br2/c13-10-9-8(2-1-7-12-9)3-4-11(10)5-6-11;11-8-5-1-3-7-4-2-6-10-9(7)8;3-1-2-4/h1-2,7H,3-6H2;2,4,6H,1,3,5H2;1-2H2. The molecule has 0 atom stereocenters. The molecule has 0 aliphatic heterocycles. The number of pyridine rings is 2. The van der Waals surface area contributed by atoms with Crippen LogP contribution in [0.15, 0.2) is 36.7 Å². The molecule has 148 valence electrons. The van der Waals surface area contributed by atoms with Crippen LogP contribution in [0.5, 0.6) is 0 Å². The quantitative estimate of drug-likeness (QED) is 0.487. The van der Waals surface area contributed by atoms with Crippen LogP contribution in [0.3, 0.4) is 0 Å². The molecular formula is C22H24Br2N2O2. The second-order valence-corrected chi connectivity index (χ2v) is 8.87. The number of ketones is 2. The molecule has 1 fully saturated rings. The maximum absolute atomic E-state index is 11.9. The summed E-state index contributed by atoms with van der Waals surface area (Å²) >= 11 is 6.40. The molecule has 0 unspecified atom stereocenters. The van der Waals surface area contributed by atoms with Crippen LogP contribution in [-0.2, 0) is 12.8 Å². The second kappa shape index (κ2) is 9.88. The van der Waals surface area contributed by atoms with Crippen molar-refractivity contribution in [1.82, 2.24) is 9.97 Å². The van der Waals surface area contributed by atoms with E-state index in [1.165, 1.54) is 0 Å². The van der Waals surface area contributed by atoms with Crippen LogP contribution in [-0.4, -0.2) is 32.2 Å². The Balaban J connectivity index is 0.000000137. The summed E-state index contributed by atoms with van der Waals surface area (Å²) in [4.78, 5) is 31.4. The van der Waals surface area contributed by atoms with Gasteiger partial charge in [0.05, 0.1) is 0 Å². The summed E-state index contributed by atoms with van der Waals surface area (Å²) in [5.41, 5.74) is 3.72. The lowest BCUT2D eigenvalue weighted by atomic mass is 9.83. The number of carbonyl (C=O) groups is 2. The van der Waals surface area contributed by atoms with E-state index >= 15 is 0 Å². The summed E-state index contributed by atoms with van der Waals surface area (Å²) in [6.45, 7) is 0. The van der Waals surface area contributed by atoms with E-state index in [9.17, 15) is 9.59 Å². The van der Waals surface area contributed by atoms with E-state index in [4.69, 9.17) is 0 Å². The largest absolute Gasteiger partial charge is 0.292 e. The number of aromatic nitrogens is 2. The van der Waals surface area contributed by atoms with E-state index in [1.807, 2.05) is 24.3 Å². The minimum atomic E-state index is 0.0291. The Hall–Kier alpha value is -1.40. The molecule has 0 amide bonds. The van der Waals surface area contributed by atoms with Gasteiger partial charge in [-0.1, -0.05) is 44.0 Å². The lowest BCUT2D eigenvalue weighted by molar-refractivity contribution is 0.0873. The van der Waals surface area contributed by atoms with Gasteiger partial charge in [0, 0.05) is 34.9 Å². The molecule has 0 saturated heterocycles. The third-order valence-corrected chi connectivity index (χ3v) is 7.25. The Morgan fingerprint density at radius 1 is 0.821 bits per heavy atom. The van der Waals surface area contributed by atoms with E-state index < -0.39 is 0 Å². The van der Waals surface area contributed by atoms with Gasteiger partial charge in [0.1, 0.15) is 11.4 Å². The number of alkyl halides is 2. The molecule has 6 heteroatoms. The van der Waals surface area contributed by atoms with E-state index in [1.54, 1.807) is 12.4 Å². The lowest BCUT2D eigenvalue weighted by Crippen LogP contribution is -2.24. The van der Waals surface area contributed by atoms with Crippen LogP contribution in [0.25, 0.3) is 0 Å². The number of hydrogen-bond acceptors (Lipinski definition) is 4. The molecule has 2 heterocycles. The zero-order valence-corrected chi connectivity index (χ0v) is 19.0. The second-order valence-electron chi connectivity index (χ2n) is 7.29. The van der Waals surface area contributed by atoms with Crippen LogP contribution in [0.1, 0.15) is 64.2 Å². The van der Waals surface area contributed by atoms with Crippen LogP contribution >= 0.6 is 31.9 Å². The van der Waals surface area contributed by atoms with Gasteiger partial charge in [-0.3, -0.25) is 19.6 Å². The number of aryl methyl sites for hydroxylation is 2. The van der Waals surface area contributed by atoms with Gasteiger partial charge in [-0.05, 0) is 61.8 Å². The molecule has 28 heavy (non-hydrogen) atoms. The minimum absolute atomic E-state index is 0.0291. The maximum atomic E-state index is 11.9. The molecular weight excluding hydrogens is 484 g/mol. The van der Waals surface area contributed by atoms with Gasteiger partial charge in [-0.15, -0.1) is 0 Å². The Morgan fingerprint density at radius 3 is 2.00 bits per heavy atom. The molecule has 3 aliphatic rings. The first-order valence-corrected chi connectivity index (χ1v) is 11.9. The number of rotatable bonds is 1. The fourth-order valence-electron chi connectivity index (χ4n) is 3.66. The zero-order valence-electron chi connectivity index (χ0n) is 15.8. The number of Topliss-reactive ketones (excluding diaryl/α,β-unsaturated/α-hetero) is 2. The fourth-order valence-corrected chi connectivity index (χ4v) is 3.66. The molecule has 2 aromatic rings. The number of fused-ring (bicyclic) bond motifs is 2. The van der Waals surface area contributed by atoms with Crippen LogP contribution in [0.4, 0.5) is 0 Å². The molecule has 1 spiro atoms. The van der Waals surface area contributed by atoms with Crippen molar-refractivity contribution < 1.29 is 9.59 Å². The van der Waals surface area contributed by atoms with E-state index in [0.717, 1.165) is 66.0 Å². The van der Waals surface area contributed by atoms with Crippen molar-refractivity contribution >= 4 is 43.4 Å². The Morgan fingerprint density at radius 2 is 1.43 bits per heavy atom. The summed E-state index contributed by atoms with van der Waals surface area (Å²) in [5, 5.41) is 2.10. The molecule has 5 rings (SSSR count). The molecule has 4 nitrogen and oxygen atoms in total. The monoisotopic (exact) mass is 506 g/mol. The van der Waals surface area contributed by atoms with Crippen molar-refractivity contribution in [2.45, 2.75) is 44.9 Å². The van der Waals surface area contributed by atoms with Crippen molar-refractivity contribution in [3.63, 3.8) is 0 Å². The molecule has 0 bridgehead atoms. The first-order chi connectivity index (χ1) is 13.6. The van der Waals surface area contributed by atoms with Gasteiger partial charge in [0.15, 0.2) is 11.6 Å². The van der Waals surface area contributed by atoms with E-state index in [2.05, 4.69) is 41.8 Å². The smallest absolute Gasteiger partial charge is 0.187 e. The van der Waals surface area contributed by atoms with Gasteiger partial charge in [-0.25, -0.2) is 0 Å². The van der Waals surface area contributed by atoms with Crippen molar-refractivity contribution in [3.8, 4) is 0 Å². The summed E-state index contributed by atoms with van der Waals surface area (Å²) in [6, 6.07) is 7.81. The van der Waals surface area contributed by atoms with Crippen LogP contribution in [0.2, 0.25) is 0 Å². The van der Waals surface area contributed by atoms with Crippen molar-refractivity contribution in [3.05, 3.63) is 59.2 Å². The SMILES string of the molecule is BrCCBr.O=C1CCCc2cccnc21.O=C1c2ncccc2CCC12CC2. The number of hydrogen-bond donors (Lipinski definition) is 0. The third-order valence-electron chi connectivity index (χ3n) is 5.39. The van der Waals surface area contributed by atoms with Gasteiger partial charge in [0.25, 0.3) is 0 Å². The van der Waals surface area contributed by atoms with Gasteiger partial charge >= 0.3 is 0 Å². The molecule has 0 aromatic carbocycles. The number of nitrogens with zero attached hydrogens (tertiary/aromatic N) is 2. The maximum Gasteiger partial charge on any atom is 0.187 e. The van der Waals surface area contributed by atoms with E-state index in [0.29, 0.717) is 17.9 Å². The topological polar surface area (TPSA) is 59.9 Å². The predicted molar refractivity (Wildman–Crippen MR) is 118 cm³/mol. The molecule has 2 aromatic heterocycles. The highest BCUT2D eigenvalue weighted by Crippen LogP contribution is 2.54. The summed E-state index contributed by atoms with van der Waals surface area (Å²) in [6.07, 6.45) is 10.3. The highest BCUT2D eigenvalue weighted by molar-refractivity contribution is 9.11. The van der Waals surface area contributed by atoms with Crippen LogP contribution < -0.4 is 0 Å². The van der Waals surface area contributed by atoms with Crippen molar-refractivity contribution in [2.75, 3.05) is 10.7 Å². The lowest BCUT2D eigenvalue weighted by Gasteiger charge is -2.21. The van der Waals surface area contributed by atoms with Gasteiger partial charge in [-0.2, -0.15) is 0 Å². The summed E-state index contributed by atoms with van der Waals surface area (Å²) in [5.74, 6) is 0.501. The van der Waals surface area contributed by atoms with E-state index in [-0.39, 0.29) is 11.2 Å². The highest BCUT2D eigenvalue weighted by atomic mass is 79.9. The Kier molecular flexibility index (Phi) is 7.52. The Bertz CT molecular complexity index is 848. The molecule has 0 radical (unpaired) electrons. The first-order valence-electron chi connectivity index (χ1n) is 9.69. The van der Waals surface area contributed by atoms with Crippen molar-refractivity contribution in [2.24, 2.45) is 5.41 Å². The van der Waals surface area contributed by atoms with Gasteiger partial charge < -0.3 is 0 Å². The van der Waals surface area contributed by atoms with Crippen LogP contribution in [0, 0.1) is 5.41 Å². The summed E-state index contributed by atoms with van der Waals surface area (Å²) in [7, 11) is 0. The Labute approximate surface area is 182 Å². The minimum Gasteiger partial charge on any atom is -0.292 e. The number of carbonyl (C=O) groups excluding carboxylic acids is 2. The highest BCUT2D eigenvalue weighted by Gasteiger charge is 2.52. The molecule has 0 N–H and O–H groups in total. The summed E-state index contributed by atoms with van der Waals surface area (Å²) < 4.78 is 0. The van der Waals surface area contributed by atoms with Gasteiger partial charge in [0.2, 0.25) is 0 Å². The fraction of sp³-hybridized carbons (Fsp3) is 0.455. The third kappa shape index (κ3) is 4.95. The molecule has 3 aliphatic carbocycles. The van der Waals surface area contributed by atoms with Crippen molar-refractivity contribution in [1.29, 1.82) is 0 Å². The average molecular weight is 508 g/mol. The average Bonchev–Trinajstić information content (AvgIpc) is 3.53. The first kappa shape index (κ1) is 21.3. The number of halogens is 2. The zero-order chi connectivity index (χ0) is 20.0.